The van der Waals surface area contributed by atoms with E-state index in [1.54, 1.807) is 18.2 Å². The standard InChI is InChI=1S/C13H19F2NO/c1-2-3-4-8-11(16)10-7-5-6-9-12(10)17-13(14)15/h5-7,9,11,13H,2-4,8,16H2,1H3/t11-/m1/s1. The number of rotatable bonds is 7. The zero-order valence-corrected chi connectivity index (χ0v) is 10.0. The van der Waals surface area contributed by atoms with Gasteiger partial charge in [-0.15, -0.1) is 0 Å². The summed E-state index contributed by atoms with van der Waals surface area (Å²) in [5, 5.41) is 0. The van der Waals surface area contributed by atoms with E-state index in [1.807, 2.05) is 0 Å². The molecule has 0 aromatic heterocycles. The van der Waals surface area contributed by atoms with Crippen molar-refractivity contribution in [2.24, 2.45) is 5.73 Å². The fourth-order valence-corrected chi connectivity index (χ4v) is 1.76. The largest absolute Gasteiger partial charge is 0.434 e. The number of ether oxygens (including phenoxy) is 1. The number of halogens is 2. The molecule has 1 rings (SSSR count). The summed E-state index contributed by atoms with van der Waals surface area (Å²) in [6, 6.07) is 6.49. The third-order valence-corrected chi connectivity index (χ3v) is 2.65. The van der Waals surface area contributed by atoms with Gasteiger partial charge in [-0.25, -0.2) is 0 Å². The predicted molar refractivity (Wildman–Crippen MR) is 64.1 cm³/mol. The normalized spacial score (nSPS) is 12.8. The van der Waals surface area contributed by atoms with Crippen molar-refractivity contribution < 1.29 is 13.5 Å². The molecule has 1 atom stereocenters. The summed E-state index contributed by atoms with van der Waals surface area (Å²) >= 11 is 0. The molecule has 1 aromatic rings. The Hall–Kier alpha value is -1.16. The van der Waals surface area contributed by atoms with E-state index in [9.17, 15) is 8.78 Å². The zero-order chi connectivity index (χ0) is 12.7. The van der Waals surface area contributed by atoms with Crippen LogP contribution in [0.5, 0.6) is 5.75 Å². The van der Waals surface area contributed by atoms with Crippen molar-refractivity contribution in [2.45, 2.75) is 45.3 Å². The number of para-hydroxylation sites is 1. The molecule has 0 unspecified atom stereocenters. The van der Waals surface area contributed by atoms with Gasteiger partial charge in [-0.3, -0.25) is 0 Å². The quantitative estimate of drug-likeness (QED) is 0.738. The minimum absolute atomic E-state index is 0.187. The maximum absolute atomic E-state index is 12.2. The van der Waals surface area contributed by atoms with Gasteiger partial charge in [-0.2, -0.15) is 8.78 Å². The fourth-order valence-electron chi connectivity index (χ4n) is 1.76. The van der Waals surface area contributed by atoms with Gasteiger partial charge in [-0.05, 0) is 12.5 Å². The van der Waals surface area contributed by atoms with Crippen molar-refractivity contribution in [3.63, 3.8) is 0 Å². The summed E-state index contributed by atoms with van der Waals surface area (Å²) in [6.07, 6.45) is 4.01. The molecule has 96 valence electrons. The van der Waals surface area contributed by atoms with E-state index in [4.69, 9.17) is 5.73 Å². The fraction of sp³-hybridized carbons (Fsp3) is 0.538. The minimum atomic E-state index is -2.81. The predicted octanol–water partition coefficient (Wildman–Crippen LogP) is 3.87. The Morgan fingerprint density at radius 1 is 1.24 bits per heavy atom. The molecule has 2 nitrogen and oxygen atoms in total. The van der Waals surface area contributed by atoms with Gasteiger partial charge in [0.15, 0.2) is 0 Å². The van der Waals surface area contributed by atoms with Gasteiger partial charge in [-0.1, -0.05) is 44.4 Å². The molecule has 17 heavy (non-hydrogen) atoms. The number of hydrogen-bond donors (Lipinski definition) is 1. The number of hydrogen-bond acceptors (Lipinski definition) is 2. The van der Waals surface area contributed by atoms with Crippen LogP contribution < -0.4 is 10.5 Å². The van der Waals surface area contributed by atoms with E-state index >= 15 is 0 Å². The monoisotopic (exact) mass is 243 g/mol. The highest BCUT2D eigenvalue weighted by atomic mass is 19.3. The van der Waals surface area contributed by atoms with Crippen LogP contribution in [0.25, 0.3) is 0 Å². The van der Waals surface area contributed by atoms with Gasteiger partial charge in [0.1, 0.15) is 5.75 Å². The smallest absolute Gasteiger partial charge is 0.387 e. The highest BCUT2D eigenvalue weighted by molar-refractivity contribution is 5.35. The van der Waals surface area contributed by atoms with Gasteiger partial charge >= 0.3 is 6.61 Å². The molecule has 0 heterocycles. The molecule has 0 bridgehead atoms. The molecule has 0 spiro atoms. The first-order valence-electron chi connectivity index (χ1n) is 5.94. The third-order valence-electron chi connectivity index (χ3n) is 2.65. The summed E-state index contributed by atoms with van der Waals surface area (Å²) < 4.78 is 28.9. The van der Waals surface area contributed by atoms with Gasteiger partial charge in [0.25, 0.3) is 0 Å². The lowest BCUT2D eigenvalue weighted by Gasteiger charge is -2.16. The highest BCUT2D eigenvalue weighted by Crippen LogP contribution is 2.28. The average Bonchev–Trinajstić information content (AvgIpc) is 2.29. The maximum atomic E-state index is 12.2. The van der Waals surface area contributed by atoms with Gasteiger partial charge < -0.3 is 10.5 Å². The molecule has 0 aliphatic carbocycles. The first-order chi connectivity index (χ1) is 8.15. The van der Waals surface area contributed by atoms with Crippen LogP contribution >= 0.6 is 0 Å². The SMILES string of the molecule is CCCCC[C@@H](N)c1ccccc1OC(F)F. The van der Waals surface area contributed by atoms with Crippen molar-refractivity contribution in [1.82, 2.24) is 0 Å². The van der Waals surface area contributed by atoms with Crippen molar-refractivity contribution in [3.05, 3.63) is 29.8 Å². The molecule has 4 heteroatoms. The second kappa shape index (κ2) is 7.22. The van der Waals surface area contributed by atoms with Crippen LogP contribution in [0.3, 0.4) is 0 Å². The third kappa shape index (κ3) is 4.69. The van der Waals surface area contributed by atoms with E-state index in [0.717, 1.165) is 25.7 Å². The second-order valence-electron chi connectivity index (χ2n) is 4.02. The molecular formula is C13H19F2NO. The Morgan fingerprint density at radius 3 is 2.59 bits per heavy atom. The summed E-state index contributed by atoms with van der Waals surface area (Å²) in [5.74, 6) is 0.187. The van der Waals surface area contributed by atoms with Crippen molar-refractivity contribution in [2.75, 3.05) is 0 Å². The molecule has 0 fully saturated rings. The lowest BCUT2D eigenvalue weighted by molar-refractivity contribution is -0.0506. The first kappa shape index (κ1) is 13.9. The summed E-state index contributed by atoms with van der Waals surface area (Å²) in [4.78, 5) is 0. The summed E-state index contributed by atoms with van der Waals surface area (Å²) in [5.41, 5.74) is 6.64. The molecule has 0 aliphatic rings. The Labute approximate surface area is 101 Å². The lowest BCUT2D eigenvalue weighted by atomic mass is 10.0. The van der Waals surface area contributed by atoms with E-state index in [1.165, 1.54) is 6.07 Å². The van der Waals surface area contributed by atoms with Gasteiger partial charge in [0, 0.05) is 11.6 Å². The molecular weight excluding hydrogens is 224 g/mol. The minimum Gasteiger partial charge on any atom is -0.434 e. The Bertz CT molecular complexity index is 331. The van der Waals surface area contributed by atoms with Crippen molar-refractivity contribution in [3.8, 4) is 5.75 Å². The topological polar surface area (TPSA) is 35.2 Å². The number of alkyl halides is 2. The molecule has 0 amide bonds. The van der Waals surface area contributed by atoms with Crippen LogP contribution in [0, 0.1) is 0 Å². The zero-order valence-electron chi connectivity index (χ0n) is 10.0. The molecule has 1 aromatic carbocycles. The average molecular weight is 243 g/mol. The molecule has 0 aliphatic heterocycles. The van der Waals surface area contributed by atoms with Gasteiger partial charge in [0.05, 0.1) is 0 Å². The first-order valence-corrected chi connectivity index (χ1v) is 5.94. The second-order valence-corrected chi connectivity index (χ2v) is 4.02. The Balaban J connectivity index is 2.67. The van der Waals surface area contributed by atoms with Gasteiger partial charge in [0.2, 0.25) is 0 Å². The summed E-state index contributed by atoms with van der Waals surface area (Å²) in [6.45, 7) is -0.696. The van der Waals surface area contributed by atoms with Crippen LogP contribution in [-0.2, 0) is 0 Å². The number of nitrogens with two attached hydrogens (primary N) is 1. The molecule has 0 radical (unpaired) electrons. The van der Waals surface area contributed by atoms with E-state index < -0.39 is 6.61 Å². The lowest BCUT2D eigenvalue weighted by Crippen LogP contribution is -2.13. The number of unbranched alkanes of at least 4 members (excludes halogenated alkanes) is 2. The van der Waals surface area contributed by atoms with Crippen molar-refractivity contribution >= 4 is 0 Å². The Kier molecular flexibility index (Phi) is 5.91. The molecule has 2 N–H and O–H groups in total. The summed E-state index contributed by atoms with van der Waals surface area (Å²) in [7, 11) is 0. The highest BCUT2D eigenvalue weighted by Gasteiger charge is 2.14. The van der Waals surface area contributed by atoms with Crippen LogP contribution in [0.2, 0.25) is 0 Å². The molecule has 0 saturated carbocycles. The van der Waals surface area contributed by atoms with Crippen LogP contribution in [0.15, 0.2) is 24.3 Å². The van der Waals surface area contributed by atoms with E-state index in [2.05, 4.69) is 11.7 Å². The Morgan fingerprint density at radius 2 is 1.94 bits per heavy atom. The van der Waals surface area contributed by atoms with Crippen molar-refractivity contribution in [1.29, 1.82) is 0 Å². The number of benzene rings is 1. The van der Waals surface area contributed by atoms with Crippen LogP contribution in [-0.4, -0.2) is 6.61 Å². The van der Waals surface area contributed by atoms with E-state index in [-0.39, 0.29) is 11.8 Å². The van der Waals surface area contributed by atoms with Crippen LogP contribution in [0.1, 0.15) is 44.2 Å². The maximum Gasteiger partial charge on any atom is 0.387 e. The van der Waals surface area contributed by atoms with E-state index in [0.29, 0.717) is 5.56 Å². The van der Waals surface area contributed by atoms with Crippen LogP contribution in [0.4, 0.5) is 8.78 Å². The molecule has 0 saturated heterocycles.